The largest absolute Gasteiger partial charge is 0.495 e. The summed E-state index contributed by atoms with van der Waals surface area (Å²) < 4.78 is 19.0. The number of halogens is 2. The topological polar surface area (TPSA) is 46.5 Å². The van der Waals surface area contributed by atoms with Gasteiger partial charge in [0.1, 0.15) is 11.6 Å². The molecule has 0 saturated heterocycles. The van der Waals surface area contributed by atoms with Gasteiger partial charge >= 0.3 is 5.97 Å². The Labute approximate surface area is 101 Å². The second-order valence-corrected chi connectivity index (χ2v) is 4.33. The van der Waals surface area contributed by atoms with Crippen LogP contribution < -0.4 is 4.74 Å². The molecular weight excluding hydrogens is 279 g/mol. The van der Waals surface area contributed by atoms with E-state index in [0.717, 1.165) is 0 Å². The van der Waals surface area contributed by atoms with Crippen molar-refractivity contribution in [2.45, 2.75) is 19.8 Å². The van der Waals surface area contributed by atoms with Gasteiger partial charge in [-0.15, -0.1) is 0 Å². The Kier molecular flexibility index (Phi) is 3.91. The molecule has 1 aromatic carbocycles. The zero-order chi connectivity index (χ0) is 12.5. The number of carboxylic acids is 1. The Morgan fingerprint density at radius 2 is 2.19 bits per heavy atom. The molecule has 0 fully saturated rings. The van der Waals surface area contributed by atoms with Gasteiger partial charge in [-0.05, 0) is 41.4 Å². The molecule has 16 heavy (non-hydrogen) atoms. The number of carbonyl (C=O) groups is 1. The van der Waals surface area contributed by atoms with Crippen molar-refractivity contribution in [3.8, 4) is 5.75 Å². The van der Waals surface area contributed by atoms with Crippen molar-refractivity contribution in [2.24, 2.45) is 0 Å². The van der Waals surface area contributed by atoms with E-state index >= 15 is 0 Å². The van der Waals surface area contributed by atoms with Crippen LogP contribution >= 0.6 is 15.9 Å². The Morgan fingerprint density at radius 1 is 1.62 bits per heavy atom. The molecule has 1 rings (SSSR count). The van der Waals surface area contributed by atoms with Crippen LogP contribution in [0, 0.1) is 12.7 Å². The van der Waals surface area contributed by atoms with Crippen molar-refractivity contribution in [3.05, 3.63) is 27.5 Å². The molecule has 1 unspecified atom stereocenters. The first kappa shape index (κ1) is 13.0. The van der Waals surface area contributed by atoms with E-state index in [1.807, 2.05) is 0 Å². The van der Waals surface area contributed by atoms with Crippen molar-refractivity contribution in [1.29, 1.82) is 0 Å². The average molecular weight is 291 g/mol. The first-order valence-corrected chi connectivity index (χ1v) is 5.44. The van der Waals surface area contributed by atoms with Crippen LogP contribution in [0.1, 0.15) is 24.0 Å². The number of methoxy groups -OCH3 is 1. The number of hydrogen-bond acceptors (Lipinski definition) is 2. The highest BCUT2D eigenvalue weighted by molar-refractivity contribution is 9.10. The van der Waals surface area contributed by atoms with Crippen LogP contribution in [0.5, 0.6) is 5.75 Å². The van der Waals surface area contributed by atoms with E-state index in [1.165, 1.54) is 20.1 Å². The van der Waals surface area contributed by atoms with E-state index in [0.29, 0.717) is 21.3 Å². The quantitative estimate of drug-likeness (QED) is 0.930. The lowest BCUT2D eigenvalue weighted by molar-refractivity contribution is -0.138. The highest BCUT2D eigenvalue weighted by atomic mass is 79.9. The molecule has 0 spiro atoms. The summed E-state index contributed by atoms with van der Waals surface area (Å²) in [5.74, 6) is -1.91. The summed E-state index contributed by atoms with van der Waals surface area (Å²) in [4.78, 5) is 10.9. The molecule has 0 saturated carbocycles. The van der Waals surface area contributed by atoms with Gasteiger partial charge in [0.2, 0.25) is 0 Å². The van der Waals surface area contributed by atoms with Gasteiger partial charge in [-0.1, -0.05) is 0 Å². The van der Waals surface area contributed by atoms with Gasteiger partial charge in [0.05, 0.1) is 17.5 Å². The van der Waals surface area contributed by atoms with Crippen LogP contribution in [0.15, 0.2) is 10.5 Å². The number of ether oxygens (including phenoxy) is 1. The van der Waals surface area contributed by atoms with Gasteiger partial charge in [-0.3, -0.25) is 4.79 Å². The van der Waals surface area contributed by atoms with Crippen LogP contribution in [0.3, 0.4) is 0 Å². The summed E-state index contributed by atoms with van der Waals surface area (Å²) >= 11 is 3.15. The molecule has 0 amide bonds. The van der Waals surface area contributed by atoms with Gasteiger partial charge in [0.25, 0.3) is 0 Å². The highest BCUT2D eigenvalue weighted by Crippen LogP contribution is 2.37. The standard InChI is InChI=1S/C11H12BrFO3/c1-5-8(13)4-7(12)10(16-3)9(5)6(2)11(14)15/h4,6H,1-3H3,(H,14,15). The lowest BCUT2D eigenvalue weighted by Gasteiger charge is -2.17. The van der Waals surface area contributed by atoms with Crippen LogP contribution in [0.4, 0.5) is 4.39 Å². The molecule has 3 nitrogen and oxygen atoms in total. The molecule has 0 aromatic heterocycles. The maximum atomic E-state index is 13.5. The van der Waals surface area contributed by atoms with Crippen molar-refractivity contribution >= 4 is 21.9 Å². The second kappa shape index (κ2) is 4.82. The molecule has 88 valence electrons. The number of hydrogen-bond donors (Lipinski definition) is 1. The fraction of sp³-hybridized carbons (Fsp3) is 0.364. The third-order valence-corrected chi connectivity index (χ3v) is 3.07. The third-order valence-electron chi connectivity index (χ3n) is 2.48. The van der Waals surface area contributed by atoms with Crippen LogP contribution in [-0.4, -0.2) is 18.2 Å². The molecule has 0 aliphatic rings. The number of carboxylic acid groups (broad SMARTS) is 1. The van der Waals surface area contributed by atoms with Crippen LogP contribution in [-0.2, 0) is 4.79 Å². The first-order chi connectivity index (χ1) is 7.40. The average Bonchev–Trinajstić information content (AvgIpc) is 2.21. The van der Waals surface area contributed by atoms with E-state index in [1.54, 1.807) is 6.92 Å². The van der Waals surface area contributed by atoms with E-state index < -0.39 is 17.7 Å². The van der Waals surface area contributed by atoms with Crippen molar-refractivity contribution in [3.63, 3.8) is 0 Å². The van der Waals surface area contributed by atoms with Gasteiger partial charge < -0.3 is 9.84 Å². The van der Waals surface area contributed by atoms with Gasteiger partial charge in [-0.25, -0.2) is 4.39 Å². The Hall–Kier alpha value is -1.10. The minimum absolute atomic E-state index is 0.301. The van der Waals surface area contributed by atoms with Gasteiger partial charge in [-0.2, -0.15) is 0 Å². The van der Waals surface area contributed by atoms with Crippen molar-refractivity contribution in [2.75, 3.05) is 7.11 Å². The monoisotopic (exact) mass is 290 g/mol. The maximum absolute atomic E-state index is 13.5. The molecule has 5 heteroatoms. The Balaban J connectivity index is 3.50. The number of aliphatic carboxylic acids is 1. The predicted octanol–water partition coefficient (Wildman–Crippen LogP) is 3.09. The first-order valence-electron chi connectivity index (χ1n) is 4.65. The highest BCUT2D eigenvalue weighted by Gasteiger charge is 2.24. The number of rotatable bonds is 3. The molecule has 0 heterocycles. The smallest absolute Gasteiger partial charge is 0.310 e. The summed E-state index contributed by atoms with van der Waals surface area (Å²) in [6, 6.07) is 1.27. The number of benzene rings is 1. The minimum atomic E-state index is -1.01. The molecule has 1 atom stereocenters. The third kappa shape index (κ3) is 2.19. The van der Waals surface area contributed by atoms with Crippen molar-refractivity contribution < 1.29 is 19.0 Å². The summed E-state index contributed by atoms with van der Waals surface area (Å²) in [5.41, 5.74) is 0.664. The van der Waals surface area contributed by atoms with E-state index in [2.05, 4.69) is 15.9 Å². The maximum Gasteiger partial charge on any atom is 0.310 e. The lowest BCUT2D eigenvalue weighted by atomic mass is 9.95. The zero-order valence-electron chi connectivity index (χ0n) is 9.17. The van der Waals surface area contributed by atoms with Crippen LogP contribution in [0.2, 0.25) is 0 Å². The molecule has 1 aromatic rings. The Bertz CT molecular complexity index is 432. The molecule has 0 aliphatic carbocycles. The van der Waals surface area contributed by atoms with E-state index in [4.69, 9.17) is 9.84 Å². The van der Waals surface area contributed by atoms with E-state index in [9.17, 15) is 9.18 Å². The fourth-order valence-electron chi connectivity index (χ4n) is 1.56. The summed E-state index contributed by atoms with van der Waals surface area (Å²) in [6.45, 7) is 3.04. The normalized spacial score (nSPS) is 12.3. The summed E-state index contributed by atoms with van der Waals surface area (Å²) in [5, 5.41) is 8.97. The molecular formula is C11H12BrFO3. The van der Waals surface area contributed by atoms with Crippen molar-refractivity contribution in [1.82, 2.24) is 0 Å². The molecule has 1 N–H and O–H groups in total. The predicted molar refractivity (Wildman–Crippen MR) is 61.4 cm³/mol. The molecule has 0 aliphatic heterocycles. The molecule has 0 radical (unpaired) electrons. The Morgan fingerprint density at radius 3 is 2.62 bits per heavy atom. The summed E-state index contributed by atoms with van der Waals surface area (Å²) in [6.07, 6.45) is 0. The summed E-state index contributed by atoms with van der Waals surface area (Å²) in [7, 11) is 1.43. The SMILES string of the molecule is COc1c(Br)cc(F)c(C)c1C(C)C(=O)O. The molecule has 0 bridgehead atoms. The van der Waals surface area contributed by atoms with Gasteiger partial charge in [0, 0.05) is 5.56 Å². The fourth-order valence-corrected chi connectivity index (χ4v) is 2.14. The zero-order valence-corrected chi connectivity index (χ0v) is 10.8. The van der Waals surface area contributed by atoms with Gasteiger partial charge in [0.15, 0.2) is 0 Å². The van der Waals surface area contributed by atoms with E-state index in [-0.39, 0.29) is 0 Å². The second-order valence-electron chi connectivity index (χ2n) is 3.47. The van der Waals surface area contributed by atoms with Crippen LogP contribution in [0.25, 0.3) is 0 Å². The lowest BCUT2D eigenvalue weighted by Crippen LogP contribution is -2.12. The minimum Gasteiger partial charge on any atom is -0.495 e.